The second-order valence-electron chi connectivity index (χ2n) is 13.8. The van der Waals surface area contributed by atoms with Gasteiger partial charge in [0.25, 0.3) is 0 Å². The summed E-state index contributed by atoms with van der Waals surface area (Å²) in [6.45, 7) is 18.8. The molecule has 10 heteroatoms. The number of hydrogen-bond acceptors (Lipinski definition) is 6. The van der Waals surface area contributed by atoms with Crippen molar-refractivity contribution in [3.8, 4) is 0 Å². The van der Waals surface area contributed by atoms with Crippen LogP contribution >= 0.6 is 0 Å². The Morgan fingerprint density at radius 3 is 2.45 bits per heavy atom. The van der Waals surface area contributed by atoms with E-state index in [4.69, 9.17) is 19.4 Å². The number of fused-ring (bicyclic) bond motifs is 8. The van der Waals surface area contributed by atoms with Gasteiger partial charge in [0.05, 0.1) is 13.2 Å². The molecule has 9 nitrogen and oxygen atoms in total. The van der Waals surface area contributed by atoms with Crippen LogP contribution in [0.25, 0.3) is 35.6 Å². The molecule has 8 bridgehead atoms. The average molecular weight is 701 g/mol. The van der Waals surface area contributed by atoms with E-state index in [1.165, 1.54) is 12.7 Å². The Balaban J connectivity index is 0.00000504. The van der Waals surface area contributed by atoms with Crippen LogP contribution in [0.5, 0.6) is 0 Å². The predicted octanol–water partition coefficient (Wildman–Crippen LogP) is 3.21. The summed E-state index contributed by atoms with van der Waals surface area (Å²) in [5.74, 6) is -2.09. The van der Waals surface area contributed by atoms with Gasteiger partial charge >= 0.3 is 35.0 Å². The number of ether oxygens (including phenoxy) is 2. The predicted molar refractivity (Wildman–Crippen MR) is 202 cm³/mol. The molecule has 2 aliphatic heterocycles. The molecule has 5 heterocycles. The van der Waals surface area contributed by atoms with Crippen LogP contribution in [0.1, 0.15) is 91.9 Å². The first-order chi connectivity index (χ1) is 23.9. The quantitative estimate of drug-likeness (QED) is 0.177. The number of esters is 2. The average Bonchev–Trinajstić information content (AvgIpc) is 3.84. The number of carbonyl (C=O) groups excluding carboxylic acids is 2. The molecule has 3 N–H and O–H groups in total. The topological polar surface area (TPSA) is 129 Å². The first-order valence-electron chi connectivity index (χ1n) is 17.6. The zero-order valence-electron chi connectivity index (χ0n) is 31.1. The number of nitrogens with zero attached hydrogens (tertiary/aromatic N) is 2. The summed E-state index contributed by atoms with van der Waals surface area (Å²) in [6.07, 6.45) is 12.4. The molecule has 3 aliphatic rings. The van der Waals surface area contributed by atoms with Crippen LogP contribution in [0.3, 0.4) is 0 Å². The number of rotatable bonds is 9. The Labute approximate surface area is 315 Å². The van der Waals surface area contributed by atoms with Crippen molar-refractivity contribution < 1.29 is 24.2 Å². The largest absolute Gasteiger partial charge is 2.00 e. The molecule has 3 aromatic rings. The molecule has 1 aliphatic carbocycles. The fourth-order valence-electron chi connectivity index (χ4n) is 7.88. The fraction of sp³-hybridized carbons (Fsp3) is 0.415. The van der Waals surface area contributed by atoms with Crippen molar-refractivity contribution in [2.45, 2.75) is 80.2 Å². The minimum Gasteiger partial charge on any atom is -0.657 e. The molecule has 0 amide bonds. The van der Waals surface area contributed by atoms with Crippen molar-refractivity contribution in [1.82, 2.24) is 20.3 Å². The van der Waals surface area contributed by atoms with Gasteiger partial charge in [-0.2, -0.15) is 0 Å². The molecule has 0 spiro atoms. The maximum absolute atomic E-state index is 13.5. The van der Waals surface area contributed by atoms with E-state index in [0.29, 0.717) is 28.3 Å². The van der Waals surface area contributed by atoms with Crippen LogP contribution in [0, 0.1) is 38.5 Å². The molecule has 3 aromatic heterocycles. The number of carbonyl (C=O) groups is 2. The second kappa shape index (κ2) is 15.2. The maximum Gasteiger partial charge on any atom is 2.00 e. The van der Waals surface area contributed by atoms with Gasteiger partial charge in [0.15, 0.2) is 0 Å². The van der Waals surface area contributed by atoms with E-state index >= 15 is 0 Å². The summed E-state index contributed by atoms with van der Waals surface area (Å²) in [5, 5.41) is 18.4. The number of aliphatic hydroxyl groups is 1. The molecule has 0 saturated carbocycles. The van der Waals surface area contributed by atoms with Gasteiger partial charge in [-0.25, -0.2) is 0 Å². The number of methoxy groups -OCH3 is 1. The Morgan fingerprint density at radius 2 is 1.78 bits per heavy atom. The number of aromatic amines is 1. The van der Waals surface area contributed by atoms with Crippen LogP contribution in [-0.4, -0.2) is 64.8 Å². The van der Waals surface area contributed by atoms with Gasteiger partial charge in [-0.1, -0.05) is 67.8 Å². The Hall–Kier alpha value is -4.15. The van der Waals surface area contributed by atoms with E-state index in [1.54, 1.807) is 0 Å². The fourth-order valence-corrected chi connectivity index (χ4v) is 7.88. The molecule has 51 heavy (non-hydrogen) atoms. The van der Waals surface area contributed by atoms with Gasteiger partial charge in [-0.15, -0.1) is 21.7 Å². The zero-order chi connectivity index (χ0) is 36.0. The van der Waals surface area contributed by atoms with Gasteiger partial charge in [0, 0.05) is 40.2 Å². The number of aromatic nitrogens is 3. The summed E-state index contributed by atoms with van der Waals surface area (Å²) < 4.78 is 10.8. The normalized spacial score (nSPS) is 22.9. The number of hydrogen-bond donors (Lipinski definition) is 3. The third-order valence-corrected chi connectivity index (χ3v) is 11.1. The van der Waals surface area contributed by atoms with Crippen molar-refractivity contribution in [2.24, 2.45) is 17.8 Å². The molecule has 0 radical (unpaired) electrons. The standard InChI is InChI=1S/C41H48N4O5.Mg/c1-10-20(4)15-16-50-34(46)14-13-27-23(7)30-17-28-21(5)25(11-2)32(42-28)18-29-22(6)26(12-3)33(43-29)19-31-24(8)35-39(45-31)36(38(27)44-30)37(40(35)47)41(48)49-9;/h11,15,17-19,23,27,37-38,42,44,47H,2,10,12-14,16H2,1,3-9H3;/q-2;+2/b20-15+,29-18-,30-17+,33-19+;/t23-,27-,37+,38?;/m0./s1. The van der Waals surface area contributed by atoms with Crippen molar-refractivity contribution in [3.63, 3.8) is 0 Å². The summed E-state index contributed by atoms with van der Waals surface area (Å²) in [5.41, 5.74) is 10.4. The molecule has 264 valence electrons. The van der Waals surface area contributed by atoms with Crippen molar-refractivity contribution in [1.29, 1.82) is 0 Å². The molecular formula is C41H48MgN4O5. The van der Waals surface area contributed by atoms with Gasteiger partial charge < -0.3 is 34.8 Å². The third-order valence-electron chi connectivity index (χ3n) is 11.1. The molecule has 6 rings (SSSR count). The van der Waals surface area contributed by atoms with Crippen molar-refractivity contribution in [3.05, 3.63) is 90.1 Å². The second-order valence-corrected chi connectivity index (χ2v) is 13.8. The van der Waals surface area contributed by atoms with Gasteiger partial charge in [-0.3, -0.25) is 9.59 Å². The van der Waals surface area contributed by atoms with Crippen LogP contribution in [0.2, 0.25) is 0 Å². The van der Waals surface area contributed by atoms with Gasteiger partial charge in [0.2, 0.25) is 0 Å². The van der Waals surface area contributed by atoms with Crippen LogP contribution in [0.4, 0.5) is 0 Å². The molecule has 1 saturated heterocycles. The zero-order valence-corrected chi connectivity index (χ0v) is 32.5. The first-order valence-corrected chi connectivity index (χ1v) is 17.6. The smallest absolute Gasteiger partial charge is 0.657 e. The van der Waals surface area contributed by atoms with Crippen LogP contribution in [-0.2, 0) is 25.5 Å². The van der Waals surface area contributed by atoms with Gasteiger partial charge in [0.1, 0.15) is 18.3 Å². The monoisotopic (exact) mass is 700 g/mol. The minimum atomic E-state index is -1.03. The Kier molecular flexibility index (Phi) is 11.4. The van der Waals surface area contributed by atoms with E-state index in [9.17, 15) is 14.7 Å². The third kappa shape index (κ3) is 6.68. The summed E-state index contributed by atoms with van der Waals surface area (Å²) in [6, 6.07) is -0.425. The van der Waals surface area contributed by atoms with Crippen LogP contribution < -0.4 is 36.6 Å². The molecule has 1 unspecified atom stereocenters. The number of nitrogens with one attached hydrogen (secondary N) is 2. The number of aliphatic hydroxyl groups excluding tert-OH is 1. The number of allylic oxidation sites excluding steroid dienone is 2. The summed E-state index contributed by atoms with van der Waals surface area (Å²) in [7, 11) is 1.33. The SMILES string of the molecule is C=Cc1c2[nH]c(c1C)/C=C1/NC(C3=c4[n-]c(c(C)c4=C(O)[C@@H]3C(=O)OC)/C=c3/[n-]/c(c(C)c3CC)=C\2)[C@@H](CCC(=O)OC/C=C(\C)CC)[C@@H]1C.[Mg+2]. The Morgan fingerprint density at radius 1 is 1.04 bits per heavy atom. The minimum absolute atomic E-state index is 0. The van der Waals surface area contributed by atoms with Gasteiger partial charge in [-0.05, 0) is 76.2 Å². The van der Waals surface area contributed by atoms with E-state index in [0.717, 1.165) is 68.4 Å². The Bertz CT molecular complexity index is 2210. The van der Waals surface area contributed by atoms with Crippen molar-refractivity contribution in [2.75, 3.05) is 13.7 Å². The molecule has 4 atom stereocenters. The molecule has 1 fully saturated rings. The summed E-state index contributed by atoms with van der Waals surface area (Å²) >= 11 is 0. The van der Waals surface area contributed by atoms with Crippen LogP contribution in [0.15, 0.2) is 23.9 Å². The first kappa shape index (κ1) is 38.1. The molecule has 0 aromatic carbocycles. The number of H-pyrrole nitrogens is 1. The van der Waals surface area contributed by atoms with E-state index in [1.807, 2.05) is 32.1 Å². The maximum atomic E-state index is 13.5. The summed E-state index contributed by atoms with van der Waals surface area (Å²) in [4.78, 5) is 40.3. The molecular weight excluding hydrogens is 653 g/mol. The van der Waals surface area contributed by atoms with E-state index in [-0.39, 0.29) is 59.6 Å². The van der Waals surface area contributed by atoms with Crippen molar-refractivity contribution >= 4 is 70.6 Å². The van der Waals surface area contributed by atoms with E-state index in [2.05, 4.69) is 63.7 Å². The van der Waals surface area contributed by atoms with E-state index < -0.39 is 17.9 Å².